The maximum absolute atomic E-state index is 12.5. The Morgan fingerprint density at radius 2 is 1.88 bits per heavy atom. The van der Waals surface area contributed by atoms with Crippen molar-refractivity contribution in [3.05, 3.63) is 47.9 Å². The van der Waals surface area contributed by atoms with E-state index in [1.165, 1.54) is 32.7 Å². The van der Waals surface area contributed by atoms with Gasteiger partial charge in [0, 0.05) is 12.1 Å². The summed E-state index contributed by atoms with van der Waals surface area (Å²) in [6.45, 7) is 0. The van der Waals surface area contributed by atoms with Gasteiger partial charge < -0.3 is 15.4 Å². The summed E-state index contributed by atoms with van der Waals surface area (Å²) in [4.78, 5) is 32.6. The van der Waals surface area contributed by atoms with Crippen LogP contribution in [0.25, 0.3) is 0 Å². The number of hydrogen-bond acceptors (Lipinski definition) is 6. The van der Waals surface area contributed by atoms with Crippen LogP contribution < -0.4 is 10.6 Å². The van der Waals surface area contributed by atoms with Gasteiger partial charge in [-0.1, -0.05) is 31.4 Å². The van der Waals surface area contributed by atoms with Crippen molar-refractivity contribution >= 4 is 23.4 Å². The molecular weight excluding hydrogens is 332 g/mol. The maximum atomic E-state index is 12.5. The highest BCUT2D eigenvalue weighted by Crippen LogP contribution is 2.21. The minimum absolute atomic E-state index is 0.234. The fourth-order valence-electron chi connectivity index (χ4n) is 3.08. The number of methoxy groups -OCH3 is 1. The van der Waals surface area contributed by atoms with Crippen molar-refractivity contribution in [1.29, 1.82) is 0 Å². The number of carbonyl (C=O) groups excluding carboxylic acids is 2. The molecule has 2 aromatic rings. The molecule has 7 heteroatoms. The lowest BCUT2D eigenvalue weighted by Gasteiger charge is -2.23. The first-order valence-corrected chi connectivity index (χ1v) is 8.74. The number of hydrogen-bond donors (Lipinski definition) is 2. The van der Waals surface area contributed by atoms with Crippen LogP contribution in [0.5, 0.6) is 0 Å². The Morgan fingerprint density at radius 3 is 2.65 bits per heavy atom. The van der Waals surface area contributed by atoms with Crippen molar-refractivity contribution in [3.63, 3.8) is 0 Å². The fraction of sp³-hybridized carbons (Fsp3) is 0.368. The molecule has 1 aromatic heterocycles. The number of esters is 1. The van der Waals surface area contributed by atoms with E-state index in [2.05, 4.69) is 20.6 Å². The predicted molar refractivity (Wildman–Crippen MR) is 98.3 cm³/mol. The second kappa shape index (κ2) is 8.42. The van der Waals surface area contributed by atoms with Crippen molar-refractivity contribution in [2.45, 2.75) is 38.1 Å². The lowest BCUT2D eigenvalue weighted by atomic mass is 9.95. The Balaban J connectivity index is 1.72. The Kier molecular flexibility index (Phi) is 5.78. The van der Waals surface area contributed by atoms with Crippen molar-refractivity contribution in [2.75, 3.05) is 17.7 Å². The number of nitrogens with zero attached hydrogens (tertiary/aromatic N) is 2. The average molecular weight is 354 g/mol. The smallest absolute Gasteiger partial charge is 0.339 e. The van der Waals surface area contributed by atoms with Crippen molar-refractivity contribution in [3.8, 4) is 0 Å². The highest BCUT2D eigenvalue weighted by molar-refractivity contribution is 6.07. The normalized spacial score (nSPS) is 14.5. The lowest BCUT2D eigenvalue weighted by molar-refractivity contribution is 0.0602. The average Bonchev–Trinajstić information content (AvgIpc) is 2.69. The molecule has 136 valence electrons. The molecule has 1 aliphatic rings. The third-order valence-electron chi connectivity index (χ3n) is 4.44. The van der Waals surface area contributed by atoms with Crippen LogP contribution in [-0.2, 0) is 4.74 Å². The first-order valence-electron chi connectivity index (χ1n) is 8.74. The number of anilines is 2. The summed E-state index contributed by atoms with van der Waals surface area (Å²) in [5, 5.41) is 6.09. The fourth-order valence-corrected chi connectivity index (χ4v) is 3.08. The SMILES string of the molecule is COC(=O)c1ccccc1NC(=O)c1cc(NC2CCCCC2)ncn1. The monoisotopic (exact) mass is 354 g/mol. The molecular formula is C19H22N4O3. The van der Waals surface area contributed by atoms with Crippen LogP contribution in [0.3, 0.4) is 0 Å². The molecule has 1 heterocycles. The standard InChI is InChI=1S/C19H22N4O3/c1-26-19(25)14-9-5-6-10-15(14)23-18(24)16-11-17(21-12-20-16)22-13-7-3-2-4-8-13/h5-6,9-13H,2-4,7-8H2,1H3,(H,23,24)(H,20,21,22). The van der Waals surface area contributed by atoms with Crippen LogP contribution in [0.15, 0.2) is 36.7 Å². The van der Waals surface area contributed by atoms with Gasteiger partial charge in [-0.05, 0) is 25.0 Å². The summed E-state index contributed by atoms with van der Waals surface area (Å²) in [6, 6.07) is 8.70. The van der Waals surface area contributed by atoms with Gasteiger partial charge in [-0.15, -0.1) is 0 Å². The van der Waals surface area contributed by atoms with Crippen LogP contribution in [-0.4, -0.2) is 35.0 Å². The largest absolute Gasteiger partial charge is 0.465 e. The van der Waals surface area contributed by atoms with Crippen molar-refractivity contribution in [2.24, 2.45) is 0 Å². The van der Waals surface area contributed by atoms with Gasteiger partial charge in [0.25, 0.3) is 5.91 Å². The van der Waals surface area contributed by atoms with E-state index in [4.69, 9.17) is 4.74 Å². The van der Waals surface area contributed by atoms with Crippen LogP contribution in [0.2, 0.25) is 0 Å². The molecule has 26 heavy (non-hydrogen) atoms. The lowest BCUT2D eigenvalue weighted by Crippen LogP contribution is -2.23. The van der Waals surface area contributed by atoms with Crippen LogP contribution in [0.4, 0.5) is 11.5 Å². The van der Waals surface area contributed by atoms with Gasteiger partial charge in [0.05, 0.1) is 18.4 Å². The number of para-hydroxylation sites is 1. The molecule has 1 aromatic carbocycles. The zero-order valence-corrected chi connectivity index (χ0v) is 14.7. The minimum Gasteiger partial charge on any atom is -0.465 e. The maximum Gasteiger partial charge on any atom is 0.339 e. The molecule has 3 rings (SSSR count). The van der Waals surface area contributed by atoms with Gasteiger partial charge in [0.2, 0.25) is 0 Å². The molecule has 1 saturated carbocycles. The van der Waals surface area contributed by atoms with E-state index >= 15 is 0 Å². The summed E-state index contributed by atoms with van der Waals surface area (Å²) in [7, 11) is 1.30. The van der Waals surface area contributed by atoms with Gasteiger partial charge in [-0.2, -0.15) is 0 Å². The zero-order chi connectivity index (χ0) is 18.4. The van der Waals surface area contributed by atoms with E-state index in [1.807, 2.05) is 0 Å². The molecule has 1 aliphatic carbocycles. The number of ether oxygens (including phenoxy) is 1. The molecule has 0 radical (unpaired) electrons. The number of aromatic nitrogens is 2. The van der Waals surface area contributed by atoms with Crippen LogP contribution in [0, 0.1) is 0 Å². The van der Waals surface area contributed by atoms with E-state index < -0.39 is 11.9 Å². The molecule has 1 fully saturated rings. The van der Waals surface area contributed by atoms with E-state index in [0.29, 0.717) is 17.5 Å². The molecule has 0 bridgehead atoms. The third kappa shape index (κ3) is 4.36. The zero-order valence-electron chi connectivity index (χ0n) is 14.7. The second-order valence-corrected chi connectivity index (χ2v) is 6.26. The highest BCUT2D eigenvalue weighted by atomic mass is 16.5. The number of amides is 1. The number of rotatable bonds is 5. The highest BCUT2D eigenvalue weighted by Gasteiger charge is 2.17. The predicted octanol–water partition coefficient (Wildman–Crippen LogP) is 3.26. The van der Waals surface area contributed by atoms with Gasteiger partial charge in [0.15, 0.2) is 0 Å². The van der Waals surface area contributed by atoms with E-state index in [9.17, 15) is 9.59 Å². The van der Waals surface area contributed by atoms with Crippen LogP contribution >= 0.6 is 0 Å². The van der Waals surface area contributed by atoms with Gasteiger partial charge in [-0.3, -0.25) is 4.79 Å². The third-order valence-corrected chi connectivity index (χ3v) is 4.44. The molecule has 1 amide bonds. The molecule has 2 N–H and O–H groups in total. The van der Waals surface area contributed by atoms with E-state index in [-0.39, 0.29) is 11.3 Å². The molecule has 0 unspecified atom stereocenters. The molecule has 0 atom stereocenters. The first kappa shape index (κ1) is 17.8. The number of nitrogens with one attached hydrogen (secondary N) is 2. The minimum atomic E-state index is -0.511. The van der Waals surface area contributed by atoms with Crippen LogP contribution in [0.1, 0.15) is 53.0 Å². The number of carbonyl (C=O) groups is 2. The molecule has 7 nitrogen and oxygen atoms in total. The molecule has 0 saturated heterocycles. The Labute approximate surface area is 152 Å². The van der Waals surface area contributed by atoms with Crippen molar-refractivity contribution in [1.82, 2.24) is 9.97 Å². The van der Waals surface area contributed by atoms with E-state index in [1.54, 1.807) is 30.3 Å². The Morgan fingerprint density at radius 1 is 1.12 bits per heavy atom. The quantitative estimate of drug-likeness (QED) is 0.801. The Hall–Kier alpha value is -2.96. The topological polar surface area (TPSA) is 93.2 Å². The molecule has 0 spiro atoms. The number of benzene rings is 1. The van der Waals surface area contributed by atoms with Gasteiger partial charge in [-0.25, -0.2) is 14.8 Å². The summed E-state index contributed by atoms with van der Waals surface area (Å²) >= 11 is 0. The Bertz CT molecular complexity index is 788. The van der Waals surface area contributed by atoms with E-state index in [0.717, 1.165) is 12.8 Å². The second-order valence-electron chi connectivity index (χ2n) is 6.26. The first-order chi connectivity index (χ1) is 12.7. The molecule has 0 aliphatic heterocycles. The summed E-state index contributed by atoms with van der Waals surface area (Å²) in [5.74, 6) is -0.281. The van der Waals surface area contributed by atoms with Crippen molar-refractivity contribution < 1.29 is 14.3 Å². The summed E-state index contributed by atoms with van der Waals surface area (Å²) < 4.78 is 4.74. The van der Waals surface area contributed by atoms with Gasteiger partial charge >= 0.3 is 5.97 Å². The summed E-state index contributed by atoms with van der Waals surface area (Å²) in [5.41, 5.74) is 0.903. The summed E-state index contributed by atoms with van der Waals surface area (Å²) in [6.07, 6.45) is 7.28. The van der Waals surface area contributed by atoms with Gasteiger partial charge in [0.1, 0.15) is 17.8 Å².